The summed E-state index contributed by atoms with van der Waals surface area (Å²) in [6.45, 7) is 5.91. The van der Waals surface area contributed by atoms with Crippen LogP contribution in [0, 0.1) is 5.92 Å². The van der Waals surface area contributed by atoms with Gasteiger partial charge in [0.05, 0.1) is 30.2 Å². The Hall–Kier alpha value is -3.57. The van der Waals surface area contributed by atoms with Crippen LogP contribution in [0.1, 0.15) is 48.5 Å². The van der Waals surface area contributed by atoms with Crippen molar-refractivity contribution in [1.29, 1.82) is 0 Å². The fourth-order valence-electron chi connectivity index (χ4n) is 7.64. The molecule has 3 aliphatic heterocycles. The summed E-state index contributed by atoms with van der Waals surface area (Å²) in [4.78, 5) is 54.8. The topological polar surface area (TPSA) is 117 Å². The van der Waals surface area contributed by atoms with Gasteiger partial charge in [-0.25, -0.2) is 0 Å². The second-order valence-electron chi connectivity index (χ2n) is 12.4. The highest BCUT2D eigenvalue weighted by molar-refractivity contribution is 6.71. The van der Waals surface area contributed by atoms with Crippen molar-refractivity contribution in [3.63, 3.8) is 0 Å². The van der Waals surface area contributed by atoms with Gasteiger partial charge in [-0.05, 0) is 68.1 Å². The summed E-state index contributed by atoms with van der Waals surface area (Å²) < 4.78 is 11.5. The van der Waals surface area contributed by atoms with Crippen LogP contribution < -0.4 is 9.80 Å². The number of benzene rings is 3. The molecule has 1 saturated heterocycles. The maximum atomic E-state index is 14.5. The molecular weight excluding hydrogens is 564 g/mol. The Bertz CT molecular complexity index is 1610. The van der Waals surface area contributed by atoms with Crippen molar-refractivity contribution in [2.45, 2.75) is 62.9 Å². The minimum atomic E-state index is -2.85. The largest absolute Gasteiger partial charge is 0.469 e. The summed E-state index contributed by atoms with van der Waals surface area (Å²) in [5.74, 6) is -1.03. The molecular formula is C33H38N2O7Si. The van der Waals surface area contributed by atoms with Crippen LogP contribution in [0.25, 0.3) is 10.8 Å². The predicted octanol–water partition coefficient (Wildman–Crippen LogP) is 5.00. The molecule has 2 N–H and O–H groups in total. The minimum Gasteiger partial charge on any atom is -0.469 e. The second kappa shape index (κ2) is 10.9. The SMILES string of the molecule is COC(=O)CCCCN1C(=O)[C@]2(O[C@H](CCO)[C@@H]([Si](C)(C)O)[C@@H]2C)c2cc(N3C(=O)c4cccc5cccc3c45)ccc21. The third-order valence-electron chi connectivity index (χ3n) is 9.44. The lowest BCUT2D eigenvalue weighted by Gasteiger charge is -2.32. The number of ether oxygens (including phenoxy) is 2. The van der Waals surface area contributed by atoms with Crippen molar-refractivity contribution in [3.05, 3.63) is 65.7 Å². The van der Waals surface area contributed by atoms with Gasteiger partial charge in [0, 0.05) is 47.7 Å². The maximum absolute atomic E-state index is 14.5. The Kier molecular flexibility index (Phi) is 7.44. The molecule has 0 unspecified atom stereocenters. The first-order valence-corrected chi connectivity index (χ1v) is 18.0. The average molecular weight is 603 g/mol. The van der Waals surface area contributed by atoms with E-state index < -0.39 is 20.0 Å². The van der Waals surface area contributed by atoms with Crippen LogP contribution in [0.15, 0.2) is 54.6 Å². The number of carbonyl (C=O) groups is 3. The molecule has 3 aromatic carbocycles. The Morgan fingerprint density at radius 1 is 1.07 bits per heavy atom. The van der Waals surface area contributed by atoms with Gasteiger partial charge in [-0.3, -0.25) is 19.3 Å². The second-order valence-corrected chi connectivity index (χ2v) is 16.4. The normalized spacial score (nSPS) is 24.5. The van der Waals surface area contributed by atoms with Crippen LogP contribution in [0.5, 0.6) is 0 Å². The number of carbonyl (C=O) groups excluding carboxylic acids is 3. The molecule has 226 valence electrons. The van der Waals surface area contributed by atoms with E-state index in [0.29, 0.717) is 48.3 Å². The number of rotatable bonds is 9. The number of methoxy groups -OCH3 is 1. The van der Waals surface area contributed by atoms with Gasteiger partial charge >= 0.3 is 5.97 Å². The van der Waals surface area contributed by atoms with Gasteiger partial charge in [-0.15, -0.1) is 0 Å². The van der Waals surface area contributed by atoms with E-state index in [1.165, 1.54) is 7.11 Å². The van der Waals surface area contributed by atoms with E-state index in [0.717, 1.165) is 16.5 Å². The van der Waals surface area contributed by atoms with Gasteiger partial charge in [-0.1, -0.05) is 31.2 Å². The molecule has 3 heterocycles. The van der Waals surface area contributed by atoms with Crippen molar-refractivity contribution >= 4 is 53.9 Å². The first-order valence-electron chi connectivity index (χ1n) is 14.9. The summed E-state index contributed by atoms with van der Waals surface area (Å²) in [5, 5.41) is 11.8. The lowest BCUT2D eigenvalue weighted by molar-refractivity contribution is -0.146. The standard InChI is InChI=1S/C33H38N2O7Si/c1-20-30(43(3,4)40)27(16-18-36)42-33(20)24-19-22(14-15-25(24)34(32(33)39)17-6-5-13-28(37)41-2)35-26-12-8-10-21-9-7-11-23(29(21)26)31(35)38/h7-12,14-15,19-20,27,30,36,40H,5-6,13,16-18H2,1-4H3/t20-,27+,30-,33+/m0/s1. The van der Waals surface area contributed by atoms with Crippen molar-refractivity contribution < 1.29 is 33.8 Å². The van der Waals surface area contributed by atoms with Crippen LogP contribution in [0.2, 0.25) is 18.6 Å². The lowest BCUT2D eigenvalue weighted by atomic mass is 9.82. The van der Waals surface area contributed by atoms with Gasteiger partial charge in [0.1, 0.15) is 0 Å². The van der Waals surface area contributed by atoms with E-state index in [1.54, 1.807) is 9.80 Å². The van der Waals surface area contributed by atoms with Crippen LogP contribution in [-0.2, 0) is 24.7 Å². The molecule has 0 bridgehead atoms. The summed E-state index contributed by atoms with van der Waals surface area (Å²) in [5.41, 5.74) is 1.73. The number of nitrogens with zero attached hydrogens (tertiary/aromatic N) is 2. The van der Waals surface area contributed by atoms with E-state index >= 15 is 0 Å². The highest BCUT2D eigenvalue weighted by Gasteiger charge is 2.66. The Labute approximate surface area is 252 Å². The number of amides is 2. The fraction of sp³-hybridized carbons (Fsp3) is 0.424. The number of aliphatic hydroxyl groups excluding tert-OH is 1. The molecule has 0 saturated carbocycles. The first-order chi connectivity index (χ1) is 20.5. The summed E-state index contributed by atoms with van der Waals surface area (Å²) in [6, 6.07) is 17.2. The number of anilines is 3. The van der Waals surface area contributed by atoms with Crippen molar-refractivity contribution in [1.82, 2.24) is 0 Å². The summed E-state index contributed by atoms with van der Waals surface area (Å²) >= 11 is 0. The lowest BCUT2D eigenvalue weighted by Crippen LogP contribution is -2.46. The molecule has 0 aliphatic carbocycles. The van der Waals surface area contributed by atoms with Crippen molar-refractivity contribution in [3.8, 4) is 0 Å². The Morgan fingerprint density at radius 3 is 2.51 bits per heavy atom. The maximum Gasteiger partial charge on any atom is 0.305 e. The summed E-state index contributed by atoms with van der Waals surface area (Å²) in [7, 11) is -1.49. The number of esters is 1. The first kappa shape index (κ1) is 29.5. The molecule has 9 nitrogen and oxygen atoms in total. The number of aliphatic hydroxyl groups is 1. The molecule has 6 rings (SSSR count). The van der Waals surface area contributed by atoms with E-state index in [-0.39, 0.29) is 42.3 Å². The van der Waals surface area contributed by atoms with Crippen LogP contribution in [0.3, 0.4) is 0 Å². The van der Waals surface area contributed by atoms with Crippen LogP contribution in [0.4, 0.5) is 17.1 Å². The average Bonchev–Trinajstić information content (AvgIpc) is 3.53. The minimum absolute atomic E-state index is 0.128. The van der Waals surface area contributed by atoms with Gasteiger partial charge in [-0.2, -0.15) is 0 Å². The number of hydrogen-bond acceptors (Lipinski definition) is 7. The van der Waals surface area contributed by atoms with Crippen LogP contribution >= 0.6 is 0 Å². The van der Waals surface area contributed by atoms with Gasteiger partial charge in [0.15, 0.2) is 13.9 Å². The van der Waals surface area contributed by atoms with E-state index in [4.69, 9.17) is 9.47 Å². The molecule has 3 aromatic rings. The molecule has 4 atom stereocenters. The van der Waals surface area contributed by atoms with E-state index in [1.807, 2.05) is 74.6 Å². The Morgan fingerprint density at radius 2 is 1.81 bits per heavy atom. The molecule has 0 radical (unpaired) electrons. The molecule has 0 aromatic heterocycles. The molecule has 1 fully saturated rings. The zero-order valence-electron chi connectivity index (χ0n) is 25.0. The highest BCUT2D eigenvalue weighted by atomic mass is 28.4. The third kappa shape index (κ3) is 4.50. The zero-order valence-corrected chi connectivity index (χ0v) is 26.0. The quantitative estimate of drug-likeness (QED) is 0.201. The predicted molar refractivity (Wildman–Crippen MR) is 166 cm³/mol. The molecule has 1 spiro atoms. The fourth-order valence-corrected chi connectivity index (χ4v) is 10.2. The van der Waals surface area contributed by atoms with Crippen molar-refractivity contribution in [2.75, 3.05) is 30.1 Å². The van der Waals surface area contributed by atoms with Gasteiger partial charge in [0.25, 0.3) is 11.8 Å². The third-order valence-corrected chi connectivity index (χ3v) is 11.9. The number of unbranched alkanes of at least 4 members (excludes halogenated alkanes) is 1. The molecule has 2 amide bonds. The summed E-state index contributed by atoms with van der Waals surface area (Å²) in [6.07, 6.45) is 1.20. The van der Waals surface area contributed by atoms with E-state index in [9.17, 15) is 24.3 Å². The molecule has 43 heavy (non-hydrogen) atoms. The van der Waals surface area contributed by atoms with Gasteiger partial charge in [0.2, 0.25) is 0 Å². The Balaban J connectivity index is 1.45. The monoisotopic (exact) mass is 602 g/mol. The smallest absolute Gasteiger partial charge is 0.305 e. The van der Waals surface area contributed by atoms with Crippen molar-refractivity contribution in [2.24, 2.45) is 5.92 Å². The highest BCUT2D eigenvalue weighted by Crippen LogP contribution is 2.60. The number of hydrogen-bond donors (Lipinski definition) is 2. The van der Waals surface area contributed by atoms with Crippen LogP contribution in [-0.4, -0.2) is 62.4 Å². The zero-order chi connectivity index (χ0) is 30.7. The molecule has 3 aliphatic rings. The van der Waals surface area contributed by atoms with Gasteiger partial charge < -0.3 is 24.3 Å². The van der Waals surface area contributed by atoms with E-state index in [2.05, 4.69) is 0 Å². The number of fused-ring (bicyclic) bond motifs is 2. The molecule has 10 heteroatoms.